The third-order valence-corrected chi connectivity index (χ3v) is 7.89. The Labute approximate surface area is 200 Å². The number of piperidine rings is 1. The summed E-state index contributed by atoms with van der Waals surface area (Å²) < 4.78 is 33.8. The first-order valence-corrected chi connectivity index (χ1v) is 13.2. The maximum absolute atomic E-state index is 13.2. The van der Waals surface area contributed by atoms with E-state index in [1.165, 1.54) is 0 Å². The minimum Gasteiger partial charge on any atom is -0.376 e. The molecule has 2 amide bonds. The number of amides is 2. The number of hydrogen-bond acceptors (Lipinski definition) is 5. The van der Waals surface area contributed by atoms with Crippen LogP contribution in [-0.4, -0.2) is 57.5 Å². The molecule has 2 atom stereocenters. The van der Waals surface area contributed by atoms with Gasteiger partial charge in [-0.1, -0.05) is 24.3 Å². The van der Waals surface area contributed by atoms with Crippen molar-refractivity contribution in [1.29, 1.82) is 0 Å². The van der Waals surface area contributed by atoms with Crippen molar-refractivity contribution in [2.45, 2.75) is 43.6 Å². The van der Waals surface area contributed by atoms with Crippen molar-refractivity contribution in [1.82, 2.24) is 10.2 Å². The Morgan fingerprint density at radius 1 is 1.09 bits per heavy atom. The highest BCUT2D eigenvalue weighted by molar-refractivity contribution is 7.92. The van der Waals surface area contributed by atoms with Crippen molar-refractivity contribution in [2.24, 2.45) is 5.92 Å². The average molecular weight is 486 g/mol. The van der Waals surface area contributed by atoms with Crippen LogP contribution in [0.15, 0.2) is 53.4 Å². The molecule has 0 aliphatic carbocycles. The molecule has 2 aliphatic heterocycles. The molecule has 2 heterocycles. The Balaban J connectivity index is 1.40. The molecule has 4 rings (SSSR count). The molecule has 0 spiro atoms. The second kappa shape index (κ2) is 10.6. The maximum Gasteiger partial charge on any atom is 0.262 e. The first kappa shape index (κ1) is 24.2. The van der Waals surface area contributed by atoms with E-state index in [1.807, 2.05) is 0 Å². The first-order chi connectivity index (χ1) is 16.3. The predicted molar refractivity (Wildman–Crippen MR) is 129 cm³/mol. The van der Waals surface area contributed by atoms with Crippen LogP contribution in [0.2, 0.25) is 0 Å². The van der Waals surface area contributed by atoms with E-state index in [-0.39, 0.29) is 28.7 Å². The van der Waals surface area contributed by atoms with Crippen LogP contribution in [-0.2, 0) is 19.6 Å². The van der Waals surface area contributed by atoms with Crippen molar-refractivity contribution >= 4 is 27.5 Å². The highest BCUT2D eigenvalue weighted by Crippen LogP contribution is 2.23. The van der Waals surface area contributed by atoms with Gasteiger partial charge in [0.05, 0.1) is 16.9 Å². The highest BCUT2D eigenvalue weighted by Gasteiger charge is 2.30. The zero-order valence-corrected chi connectivity index (χ0v) is 20.1. The average Bonchev–Trinajstić information content (AvgIpc) is 3.36. The lowest BCUT2D eigenvalue weighted by Gasteiger charge is -2.32. The molecule has 0 saturated carbocycles. The standard InChI is InChI=1S/C25H31N3O5S/c1-18-7-2-3-12-23(18)34(31,32)27-21-10-4-8-19(15-21)25(30)28-13-5-9-20(17-28)24(29)26-16-22-11-6-14-33-22/h2-4,7-8,10,12,15,20,22,27H,5-6,9,11,13-14,16-17H2,1H3,(H,26,29). The summed E-state index contributed by atoms with van der Waals surface area (Å²) in [6.07, 6.45) is 3.53. The molecule has 2 unspecified atom stereocenters. The van der Waals surface area contributed by atoms with Crippen LogP contribution >= 0.6 is 0 Å². The summed E-state index contributed by atoms with van der Waals surface area (Å²) in [7, 11) is -3.78. The van der Waals surface area contributed by atoms with Crippen molar-refractivity contribution in [3.8, 4) is 0 Å². The van der Waals surface area contributed by atoms with Gasteiger partial charge in [-0.15, -0.1) is 0 Å². The summed E-state index contributed by atoms with van der Waals surface area (Å²) >= 11 is 0. The summed E-state index contributed by atoms with van der Waals surface area (Å²) in [6.45, 7) is 3.89. The number of benzene rings is 2. The Morgan fingerprint density at radius 3 is 2.68 bits per heavy atom. The Kier molecular flexibility index (Phi) is 7.53. The van der Waals surface area contributed by atoms with E-state index in [4.69, 9.17) is 4.74 Å². The normalized spacial score (nSPS) is 20.7. The van der Waals surface area contributed by atoms with Gasteiger partial charge in [-0.25, -0.2) is 8.42 Å². The van der Waals surface area contributed by atoms with Crippen LogP contribution in [0.1, 0.15) is 41.6 Å². The number of nitrogens with zero attached hydrogens (tertiary/aromatic N) is 1. The molecule has 0 radical (unpaired) electrons. The van der Waals surface area contributed by atoms with Crippen molar-refractivity contribution in [2.75, 3.05) is 31.0 Å². The lowest BCUT2D eigenvalue weighted by Crippen LogP contribution is -2.46. The number of rotatable bonds is 7. The molecular formula is C25H31N3O5S. The van der Waals surface area contributed by atoms with Crippen molar-refractivity contribution < 1.29 is 22.7 Å². The van der Waals surface area contributed by atoms with Gasteiger partial charge in [0.1, 0.15) is 0 Å². The number of ether oxygens (including phenoxy) is 1. The van der Waals surface area contributed by atoms with Gasteiger partial charge < -0.3 is 15.0 Å². The summed E-state index contributed by atoms with van der Waals surface area (Å²) in [5, 5.41) is 2.97. The fraction of sp³-hybridized carbons (Fsp3) is 0.440. The Hall–Kier alpha value is -2.91. The topological polar surface area (TPSA) is 105 Å². The molecule has 2 aromatic carbocycles. The molecule has 2 saturated heterocycles. The van der Waals surface area contributed by atoms with Crippen molar-refractivity contribution in [3.05, 3.63) is 59.7 Å². The Morgan fingerprint density at radius 2 is 1.91 bits per heavy atom. The monoisotopic (exact) mass is 485 g/mol. The quantitative estimate of drug-likeness (QED) is 0.628. The largest absolute Gasteiger partial charge is 0.376 e. The van der Waals surface area contributed by atoms with E-state index >= 15 is 0 Å². The molecule has 0 bridgehead atoms. The zero-order valence-electron chi connectivity index (χ0n) is 19.3. The molecule has 0 aromatic heterocycles. The smallest absolute Gasteiger partial charge is 0.262 e. The van der Waals surface area contributed by atoms with Gasteiger partial charge >= 0.3 is 0 Å². The van der Waals surface area contributed by atoms with Gasteiger partial charge in [-0.2, -0.15) is 0 Å². The van der Waals surface area contributed by atoms with Gasteiger partial charge in [0.25, 0.3) is 15.9 Å². The summed E-state index contributed by atoms with van der Waals surface area (Å²) in [6, 6.07) is 13.2. The van der Waals surface area contributed by atoms with Gasteiger partial charge in [0, 0.05) is 37.5 Å². The van der Waals surface area contributed by atoms with E-state index in [9.17, 15) is 18.0 Å². The van der Waals surface area contributed by atoms with Gasteiger partial charge in [0.2, 0.25) is 5.91 Å². The SMILES string of the molecule is Cc1ccccc1S(=O)(=O)Nc1cccc(C(=O)N2CCCC(C(=O)NCC3CCCO3)C2)c1. The molecule has 182 valence electrons. The fourth-order valence-corrected chi connectivity index (χ4v) is 5.80. The third kappa shape index (κ3) is 5.77. The van der Waals surface area contributed by atoms with Crippen LogP contribution in [0.5, 0.6) is 0 Å². The molecule has 9 heteroatoms. The zero-order chi connectivity index (χ0) is 24.1. The van der Waals surface area contributed by atoms with E-state index < -0.39 is 10.0 Å². The van der Waals surface area contributed by atoms with Gasteiger partial charge in [0.15, 0.2) is 0 Å². The lowest BCUT2D eigenvalue weighted by molar-refractivity contribution is -0.126. The van der Waals surface area contributed by atoms with Crippen LogP contribution in [0, 0.1) is 12.8 Å². The van der Waals surface area contributed by atoms with E-state index in [2.05, 4.69) is 10.0 Å². The Bertz CT molecular complexity index is 1140. The second-order valence-electron chi connectivity index (χ2n) is 8.92. The number of anilines is 1. The minimum atomic E-state index is -3.78. The molecule has 34 heavy (non-hydrogen) atoms. The van der Waals surface area contributed by atoms with Gasteiger partial charge in [-0.3, -0.25) is 14.3 Å². The summed E-state index contributed by atoms with van der Waals surface area (Å²) in [5.41, 5.74) is 1.33. The molecule has 8 nitrogen and oxygen atoms in total. The molecule has 2 aliphatic rings. The number of aryl methyl sites for hydroxylation is 1. The van der Waals surface area contributed by atoms with E-state index in [0.29, 0.717) is 36.4 Å². The van der Waals surface area contributed by atoms with Crippen LogP contribution in [0.25, 0.3) is 0 Å². The van der Waals surface area contributed by atoms with E-state index in [0.717, 1.165) is 32.3 Å². The van der Waals surface area contributed by atoms with Crippen molar-refractivity contribution in [3.63, 3.8) is 0 Å². The summed E-state index contributed by atoms with van der Waals surface area (Å²) in [5.74, 6) is -0.525. The van der Waals surface area contributed by atoms with Crippen LogP contribution in [0.3, 0.4) is 0 Å². The molecule has 2 aromatic rings. The second-order valence-corrected chi connectivity index (χ2v) is 10.6. The molecule has 2 fully saturated rings. The van der Waals surface area contributed by atoms with Gasteiger partial charge in [-0.05, 0) is 62.4 Å². The predicted octanol–water partition coefficient (Wildman–Crippen LogP) is 2.94. The maximum atomic E-state index is 13.2. The number of nitrogens with one attached hydrogen (secondary N) is 2. The number of likely N-dealkylation sites (tertiary alicyclic amines) is 1. The van der Waals surface area contributed by atoms with E-state index in [1.54, 1.807) is 60.4 Å². The molecule has 2 N–H and O–H groups in total. The lowest BCUT2D eigenvalue weighted by atomic mass is 9.96. The minimum absolute atomic E-state index is 0.0484. The number of carbonyl (C=O) groups is 2. The van der Waals surface area contributed by atoms with Crippen LogP contribution in [0.4, 0.5) is 5.69 Å². The third-order valence-electron chi connectivity index (χ3n) is 6.35. The highest BCUT2D eigenvalue weighted by atomic mass is 32.2. The molecular weight excluding hydrogens is 454 g/mol. The first-order valence-electron chi connectivity index (χ1n) is 11.7. The van der Waals surface area contributed by atoms with Crippen LogP contribution < -0.4 is 10.0 Å². The number of sulfonamides is 1. The summed E-state index contributed by atoms with van der Waals surface area (Å²) in [4.78, 5) is 27.7. The number of carbonyl (C=O) groups excluding carboxylic acids is 2. The number of hydrogen-bond donors (Lipinski definition) is 2. The fourth-order valence-electron chi connectivity index (χ4n) is 4.51.